The summed E-state index contributed by atoms with van der Waals surface area (Å²) < 4.78 is 29.7. The van der Waals surface area contributed by atoms with Gasteiger partial charge in [0.2, 0.25) is 15.9 Å². The van der Waals surface area contributed by atoms with Crippen LogP contribution in [0, 0.1) is 0 Å². The Hall–Kier alpha value is -2.42. The molecule has 0 saturated heterocycles. The van der Waals surface area contributed by atoms with Gasteiger partial charge in [0, 0.05) is 6.54 Å². The monoisotopic (exact) mass is 410 g/mol. The van der Waals surface area contributed by atoms with E-state index in [0.717, 1.165) is 16.1 Å². The molecule has 0 aliphatic carbocycles. The van der Waals surface area contributed by atoms with E-state index in [9.17, 15) is 18.0 Å². The summed E-state index contributed by atoms with van der Waals surface area (Å²) in [5.41, 5.74) is 1.15. The normalized spacial score (nSPS) is 11.3. The standard InChI is InChI=1S/C18H19ClN2O5S/c1-26-18(23)14-8-9-15(19)16(10-14)20-17(22)12-21(27(2,24)25)11-13-6-4-3-5-7-13/h3-10H,11-12H2,1-2H3,(H,20,22). The van der Waals surface area contributed by atoms with Crippen molar-refractivity contribution in [3.05, 3.63) is 64.7 Å². The molecule has 2 rings (SSSR count). The summed E-state index contributed by atoms with van der Waals surface area (Å²) in [5.74, 6) is -1.16. The van der Waals surface area contributed by atoms with Gasteiger partial charge >= 0.3 is 5.97 Å². The van der Waals surface area contributed by atoms with Crippen molar-refractivity contribution in [1.29, 1.82) is 0 Å². The molecule has 9 heteroatoms. The molecule has 1 N–H and O–H groups in total. The summed E-state index contributed by atoms with van der Waals surface area (Å²) in [5, 5.41) is 2.75. The molecule has 27 heavy (non-hydrogen) atoms. The number of carbonyl (C=O) groups is 2. The highest BCUT2D eigenvalue weighted by Crippen LogP contribution is 2.23. The molecule has 0 aliphatic heterocycles. The Morgan fingerprint density at radius 1 is 1.15 bits per heavy atom. The zero-order valence-corrected chi connectivity index (χ0v) is 16.4. The fourth-order valence-corrected chi connectivity index (χ4v) is 3.19. The quantitative estimate of drug-likeness (QED) is 0.708. The number of rotatable bonds is 7. The Balaban J connectivity index is 2.15. The summed E-state index contributed by atoms with van der Waals surface area (Å²) in [6, 6.07) is 13.2. The zero-order chi connectivity index (χ0) is 20.0. The van der Waals surface area contributed by atoms with Crippen LogP contribution >= 0.6 is 11.6 Å². The first-order valence-corrected chi connectivity index (χ1v) is 10.1. The second-order valence-corrected chi connectivity index (χ2v) is 8.14. The van der Waals surface area contributed by atoms with Gasteiger partial charge in [0.15, 0.2) is 0 Å². The predicted molar refractivity (Wildman–Crippen MR) is 103 cm³/mol. The highest BCUT2D eigenvalue weighted by atomic mass is 35.5. The second-order valence-electron chi connectivity index (χ2n) is 5.75. The summed E-state index contributed by atoms with van der Waals surface area (Å²) in [4.78, 5) is 24.0. The minimum atomic E-state index is -3.62. The third-order valence-corrected chi connectivity index (χ3v) is 5.18. The molecule has 0 spiro atoms. The fourth-order valence-electron chi connectivity index (χ4n) is 2.29. The molecule has 0 aliphatic rings. The van der Waals surface area contributed by atoms with Gasteiger partial charge in [-0.05, 0) is 23.8 Å². The number of hydrogen-bond acceptors (Lipinski definition) is 5. The van der Waals surface area contributed by atoms with Crippen molar-refractivity contribution in [3.63, 3.8) is 0 Å². The minimum Gasteiger partial charge on any atom is -0.465 e. The van der Waals surface area contributed by atoms with Crippen molar-refractivity contribution >= 4 is 39.2 Å². The first kappa shape index (κ1) is 20.9. The van der Waals surface area contributed by atoms with E-state index in [-0.39, 0.29) is 22.8 Å². The predicted octanol–water partition coefficient (Wildman–Crippen LogP) is 2.53. The Bertz CT molecular complexity index is 932. The molecule has 2 aromatic rings. The number of hydrogen-bond donors (Lipinski definition) is 1. The van der Waals surface area contributed by atoms with Crippen molar-refractivity contribution in [2.45, 2.75) is 6.54 Å². The van der Waals surface area contributed by atoms with E-state index in [1.54, 1.807) is 24.3 Å². The van der Waals surface area contributed by atoms with Crippen LogP contribution < -0.4 is 5.32 Å². The van der Waals surface area contributed by atoms with Crippen molar-refractivity contribution in [1.82, 2.24) is 4.31 Å². The minimum absolute atomic E-state index is 0.0586. The van der Waals surface area contributed by atoms with Crippen molar-refractivity contribution in [2.24, 2.45) is 0 Å². The lowest BCUT2D eigenvalue weighted by Gasteiger charge is -2.20. The number of halogens is 1. The second kappa shape index (κ2) is 8.98. The number of benzene rings is 2. The van der Waals surface area contributed by atoms with Gasteiger partial charge in [-0.3, -0.25) is 4.79 Å². The van der Waals surface area contributed by atoms with E-state index in [1.165, 1.54) is 25.3 Å². The number of ether oxygens (including phenoxy) is 1. The van der Waals surface area contributed by atoms with E-state index < -0.39 is 28.4 Å². The van der Waals surface area contributed by atoms with Crippen LogP contribution in [-0.4, -0.2) is 44.5 Å². The number of nitrogens with zero attached hydrogens (tertiary/aromatic N) is 1. The molecule has 7 nitrogen and oxygen atoms in total. The molecule has 0 bridgehead atoms. The largest absolute Gasteiger partial charge is 0.465 e. The highest BCUT2D eigenvalue weighted by Gasteiger charge is 2.21. The number of anilines is 1. The maximum Gasteiger partial charge on any atom is 0.337 e. The molecular formula is C18H19ClN2O5S. The summed E-state index contributed by atoms with van der Waals surface area (Å²) in [7, 11) is -2.38. The maximum atomic E-state index is 12.4. The van der Waals surface area contributed by atoms with Crippen LogP contribution in [0.4, 0.5) is 5.69 Å². The molecule has 1 amide bonds. The molecule has 0 saturated carbocycles. The van der Waals surface area contributed by atoms with Gasteiger partial charge in [-0.25, -0.2) is 13.2 Å². The van der Waals surface area contributed by atoms with E-state index in [1.807, 2.05) is 6.07 Å². The smallest absolute Gasteiger partial charge is 0.337 e. The van der Waals surface area contributed by atoms with E-state index in [4.69, 9.17) is 11.6 Å². The molecular weight excluding hydrogens is 392 g/mol. The molecule has 0 fully saturated rings. The number of amides is 1. The topological polar surface area (TPSA) is 92.8 Å². The fraction of sp³-hybridized carbons (Fsp3) is 0.222. The van der Waals surface area contributed by atoms with Crippen LogP contribution in [0.15, 0.2) is 48.5 Å². The third kappa shape index (κ3) is 6.06. The van der Waals surface area contributed by atoms with E-state index in [0.29, 0.717) is 0 Å². The SMILES string of the molecule is COC(=O)c1ccc(Cl)c(NC(=O)CN(Cc2ccccc2)S(C)(=O)=O)c1. The first-order valence-electron chi connectivity index (χ1n) is 7.87. The van der Waals surface area contributed by atoms with Crippen LogP contribution in [0.3, 0.4) is 0 Å². The molecule has 0 aromatic heterocycles. The Labute approximate surface area is 162 Å². The van der Waals surface area contributed by atoms with Gasteiger partial charge in [-0.1, -0.05) is 41.9 Å². The first-order chi connectivity index (χ1) is 12.7. The molecule has 144 valence electrons. The van der Waals surface area contributed by atoms with Gasteiger partial charge in [-0.15, -0.1) is 0 Å². The Morgan fingerprint density at radius 3 is 2.41 bits per heavy atom. The molecule has 0 heterocycles. The van der Waals surface area contributed by atoms with E-state index in [2.05, 4.69) is 10.1 Å². The zero-order valence-electron chi connectivity index (χ0n) is 14.8. The van der Waals surface area contributed by atoms with Crippen LogP contribution in [0.25, 0.3) is 0 Å². The number of nitrogens with one attached hydrogen (secondary N) is 1. The number of esters is 1. The van der Waals surface area contributed by atoms with Gasteiger partial charge in [-0.2, -0.15) is 4.31 Å². The van der Waals surface area contributed by atoms with Crippen LogP contribution in [0.2, 0.25) is 5.02 Å². The lowest BCUT2D eigenvalue weighted by Crippen LogP contribution is -2.37. The summed E-state index contributed by atoms with van der Waals surface area (Å²) in [6.45, 7) is -0.338. The van der Waals surface area contributed by atoms with E-state index >= 15 is 0 Å². The third-order valence-electron chi connectivity index (χ3n) is 3.65. The maximum absolute atomic E-state index is 12.4. The Kier molecular flexibility index (Phi) is 6.95. The Morgan fingerprint density at radius 2 is 1.81 bits per heavy atom. The van der Waals surface area contributed by atoms with Gasteiger partial charge in [0.25, 0.3) is 0 Å². The molecule has 0 atom stereocenters. The lowest BCUT2D eigenvalue weighted by molar-refractivity contribution is -0.116. The average molecular weight is 411 g/mol. The van der Waals surface area contributed by atoms with Crippen LogP contribution in [0.5, 0.6) is 0 Å². The van der Waals surface area contributed by atoms with Gasteiger partial charge in [0.1, 0.15) is 0 Å². The summed E-state index contributed by atoms with van der Waals surface area (Å²) >= 11 is 6.05. The van der Waals surface area contributed by atoms with Crippen molar-refractivity contribution < 1.29 is 22.7 Å². The van der Waals surface area contributed by atoms with Crippen LogP contribution in [0.1, 0.15) is 15.9 Å². The molecule has 0 unspecified atom stereocenters. The molecule has 2 aromatic carbocycles. The van der Waals surface area contributed by atoms with Crippen molar-refractivity contribution in [3.8, 4) is 0 Å². The average Bonchev–Trinajstić information content (AvgIpc) is 2.62. The number of methoxy groups -OCH3 is 1. The van der Waals surface area contributed by atoms with Gasteiger partial charge in [0.05, 0.1) is 36.2 Å². The number of sulfonamides is 1. The van der Waals surface area contributed by atoms with Crippen molar-refractivity contribution in [2.75, 3.05) is 25.2 Å². The van der Waals surface area contributed by atoms with Crippen LogP contribution in [-0.2, 0) is 26.1 Å². The van der Waals surface area contributed by atoms with Gasteiger partial charge < -0.3 is 10.1 Å². The lowest BCUT2D eigenvalue weighted by atomic mass is 10.2. The highest BCUT2D eigenvalue weighted by molar-refractivity contribution is 7.88. The number of carbonyl (C=O) groups excluding carboxylic acids is 2. The molecule has 0 radical (unpaired) electrons. The summed E-state index contributed by atoms with van der Waals surface area (Å²) in [6.07, 6.45) is 1.04.